The maximum atomic E-state index is 13.8. The fraction of sp³-hybridized carbons (Fsp3) is 0.0476. The Bertz CT molecular complexity index is 1320. The maximum Gasteiger partial charge on any atom is 0.262 e. The van der Waals surface area contributed by atoms with Crippen LogP contribution in [0, 0.1) is 5.82 Å². The minimum atomic E-state index is -4.03. The lowest BCUT2D eigenvalue weighted by molar-refractivity contribution is -0.115. The molecule has 0 bridgehead atoms. The van der Waals surface area contributed by atoms with E-state index in [0.29, 0.717) is 11.4 Å². The molecule has 0 atom stereocenters. The summed E-state index contributed by atoms with van der Waals surface area (Å²) < 4.78 is 41.2. The number of hydrogen-bond donors (Lipinski definition) is 2. The highest BCUT2D eigenvalue weighted by Crippen LogP contribution is 2.26. The van der Waals surface area contributed by atoms with Gasteiger partial charge < -0.3 is 5.32 Å². The van der Waals surface area contributed by atoms with Crippen LogP contribution in [0.2, 0.25) is 0 Å². The first-order valence-corrected chi connectivity index (χ1v) is 12.4. The molecule has 0 spiro atoms. The van der Waals surface area contributed by atoms with E-state index >= 15 is 0 Å². The average molecular weight is 474 g/mol. The summed E-state index contributed by atoms with van der Waals surface area (Å²) in [6, 6.07) is 13.2. The van der Waals surface area contributed by atoms with Gasteiger partial charge in [0.15, 0.2) is 0 Å². The molecule has 1 amide bonds. The second-order valence-corrected chi connectivity index (χ2v) is 9.81. The summed E-state index contributed by atoms with van der Waals surface area (Å²) >= 11 is 3.04. The summed E-state index contributed by atoms with van der Waals surface area (Å²) in [6.07, 6.45) is 0.0606. The number of aromatic nitrogens is 1. The van der Waals surface area contributed by atoms with Crippen molar-refractivity contribution >= 4 is 50.0 Å². The Labute approximate surface area is 186 Å². The van der Waals surface area contributed by atoms with E-state index in [1.807, 2.05) is 22.2 Å². The van der Waals surface area contributed by atoms with Crippen LogP contribution in [-0.4, -0.2) is 19.3 Å². The average Bonchev–Trinajstić information content (AvgIpc) is 3.42. The van der Waals surface area contributed by atoms with Gasteiger partial charge in [-0.1, -0.05) is 18.2 Å². The van der Waals surface area contributed by atoms with Gasteiger partial charge in [0, 0.05) is 22.0 Å². The number of nitrogens with one attached hydrogen (secondary N) is 2. The fourth-order valence-electron chi connectivity index (χ4n) is 2.77. The lowest BCUT2D eigenvalue weighted by atomic mass is 10.3. The van der Waals surface area contributed by atoms with E-state index < -0.39 is 15.8 Å². The molecule has 31 heavy (non-hydrogen) atoms. The topological polar surface area (TPSA) is 88.2 Å². The maximum absolute atomic E-state index is 13.8. The molecule has 2 aromatic carbocycles. The number of carbonyl (C=O) groups excluding carboxylic acids is 1. The van der Waals surface area contributed by atoms with Gasteiger partial charge >= 0.3 is 0 Å². The summed E-state index contributed by atoms with van der Waals surface area (Å²) in [5.74, 6) is -1.00. The monoisotopic (exact) mass is 473 g/mol. The molecular weight excluding hydrogens is 457 g/mol. The van der Waals surface area contributed by atoms with Crippen LogP contribution in [0.3, 0.4) is 0 Å². The summed E-state index contributed by atoms with van der Waals surface area (Å²) in [7, 11) is -4.03. The quantitative estimate of drug-likeness (QED) is 0.396. The van der Waals surface area contributed by atoms with Gasteiger partial charge in [0.25, 0.3) is 10.0 Å². The molecule has 2 aromatic heterocycles. The Morgan fingerprint density at radius 3 is 2.68 bits per heavy atom. The minimum Gasteiger partial charge on any atom is -0.326 e. The predicted octanol–water partition coefficient (Wildman–Crippen LogP) is 4.99. The zero-order valence-electron chi connectivity index (χ0n) is 15.9. The summed E-state index contributed by atoms with van der Waals surface area (Å²) in [4.78, 5) is 16.8. The van der Waals surface area contributed by atoms with Crippen LogP contribution in [0.5, 0.6) is 0 Å². The van der Waals surface area contributed by atoms with Crippen LogP contribution in [0.25, 0.3) is 10.6 Å². The van der Waals surface area contributed by atoms with Gasteiger partial charge in [-0.2, -0.15) is 11.3 Å². The standard InChI is InChI=1S/C21H16FN3O3S3/c22-18-6-1-2-7-19(18)25-31(27,28)17-5-3-4-15(10-17)23-20(26)11-16-13-30-21(24-16)14-8-9-29-12-14/h1-10,12-13,25H,11H2,(H,23,26). The molecule has 4 aromatic rings. The molecule has 0 radical (unpaired) electrons. The molecule has 0 saturated carbocycles. The molecule has 2 heterocycles. The van der Waals surface area contributed by atoms with Crippen molar-refractivity contribution < 1.29 is 17.6 Å². The number of carbonyl (C=O) groups is 1. The Morgan fingerprint density at radius 1 is 1.06 bits per heavy atom. The van der Waals surface area contributed by atoms with Crippen molar-refractivity contribution in [3.63, 3.8) is 0 Å². The fourth-order valence-corrected chi connectivity index (χ4v) is 5.41. The molecular formula is C21H16FN3O3S3. The summed E-state index contributed by atoms with van der Waals surface area (Å²) in [5, 5.41) is 9.31. The molecule has 2 N–H and O–H groups in total. The zero-order chi connectivity index (χ0) is 21.8. The lowest BCUT2D eigenvalue weighted by Crippen LogP contribution is -2.16. The number of nitrogens with zero attached hydrogens (tertiary/aromatic N) is 1. The number of hydrogen-bond acceptors (Lipinski definition) is 6. The van der Waals surface area contributed by atoms with E-state index in [4.69, 9.17) is 0 Å². The van der Waals surface area contributed by atoms with Crippen LogP contribution in [0.1, 0.15) is 5.69 Å². The highest BCUT2D eigenvalue weighted by Gasteiger charge is 2.17. The van der Waals surface area contributed by atoms with Crippen molar-refractivity contribution in [2.45, 2.75) is 11.3 Å². The molecule has 0 aliphatic heterocycles. The third-order valence-electron chi connectivity index (χ3n) is 4.21. The molecule has 0 aliphatic carbocycles. The molecule has 0 aliphatic rings. The molecule has 0 saturated heterocycles. The first kappa shape index (κ1) is 21.2. The molecule has 6 nitrogen and oxygen atoms in total. The molecule has 10 heteroatoms. The van der Waals surface area contributed by atoms with Crippen molar-refractivity contribution in [2.24, 2.45) is 0 Å². The molecule has 158 valence electrons. The van der Waals surface area contributed by atoms with Crippen molar-refractivity contribution in [1.29, 1.82) is 0 Å². The van der Waals surface area contributed by atoms with E-state index in [2.05, 4.69) is 15.0 Å². The van der Waals surface area contributed by atoms with E-state index in [9.17, 15) is 17.6 Å². The largest absolute Gasteiger partial charge is 0.326 e. The number of sulfonamides is 1. The second kappa shape index (κ2) is 8.96. The summed E-state index contributed by atoms with van der Waals surface area (Å²) in [6.45, 7) is 0. The van der Waals surface area contributed by atoms with E-state index in [-0.39, 0.29) is 22.9 Å². The number of anilines is 2. The number of benzene rings is 2. The first-order valence-electron chi connectivity index (χ1n) is 9.05. The number of amides is 1. The Balaban J connectivity index is 1.44. The highest BCUT2D eigenvalue weighted by molar-refractivity contribution is 7.92. The van der Waals surface area contributed by atoms with Gasteiger partial charge in [-0.3, -0.25) is 9.52 Å². The van der Waals surface area contributed by atoms with E-state index in [1.165, 1.54) is 47.7 Å². The normalized spacial score (nSPS) is 11.3. The van der Waals surface area contributed by atoms with Crippen LogP contribution < -0.4 is 10.0 Å². The Morgan fingerprint density at radius 2 is 1.90 bits per heavy atom. The smallest absolute Gasteiger partial charge is 0.262 e. The van der Waals surface area contributed by atoms with Gasteiger partial charge in [0.1, 0.15) is 10.8 Å². The van der Waals surface area contributed by atoms with Crippen molar-refractivity contribution in [3.8, 4) is 10.6 Å². The van der Waals surface area contributed by atoms with E-state index in [1.54, 1.807) is 17.4 Å². The van der Waals surface area contributed by atoms with Gasteiger partial charge in [-0.25, -0.2) is 17.8 Å². The Kier molecular flexibility index (Phi) is 6.12. The third kappa shape index (κ3) is 5.16. The zero-order valence-corrected chi connectivity index (χ0v) is 18.4. The number of thiazole rings is 1. The van der Waals surface area contributed by atoms with Crippen molar-refractivity contribution in [1.82, 2.24) is 4.98 Å². The van der Waals surface area contributed by atoms with Crippen LogP contribution in [0.4, 0.5) is 15.8 Å². The van der Waals surface area contributed by atoms with Gasteiger partial charge in [0.05, 0.1) is 22.7 Å². The molecule has 4 rings (SSSR count). The van der Waals surface area contributed by atoms with Crippen molar-refractivity contribution in [2.75, 3.05) is 10.0 Å². The van der Waals surface area contributed by atoms with Gasteiger partial charge in [-0.05, 0) is 41.8 Å². The Hall–Kier alpha value is -3.08. The second-order valence-electron chi connectivity index (χ2n) is 6.49. The highest BCUT2D eigenvalue weighted by atomic mass is 32.2. The molecule has 0 unspecified atom stereocenters. The minimum absolute atomic E-state index is 0.0606. The van der Waals surface area contributed by atoms with E-state index in [0.717, 1.165) is 16.6 Å². The summed E-state index contributed by atoms with van der Waals surface area (Å²) in [5.41, 5.74) is 1.81. The SMILES string of the molecule is O=C(Cc1csc(-c2ccsc2)n1)Nc1cccc(S(=O)(=O)Nc2ccccc2F)c1. The predicted molar refractivity (Wildman–Crippen MR) is 121 cm³/mol. The van der Waals surface area contributed by atoms with Crippen LogP contribution in [-0.2, 0) is 21.2 Å². The van der Waals surface area contributed by atoms with Crippen molar-refractivity contribution in [3.05, 3.63) is 82.2 Å². The van der Waals surface area contributed by atoms with Gasteiger partial charge in [0.2, 0.25) is 5.91 Å². The first-order chi connectivity index (χ1) is 14.9. The lowest BCUT2D eigenvalue weighted by Gasteiger charge is -2.10. The number of thiophene rings is 1. The van der Waals surface area contributed by atoms with Crippen LogP contribution in [0.15, 0.2) is 75.6 Å². The van der Waals surface area contributed by atoms with Crippen LogP contribution >= 0.6 is 22.7 Å². The molecule has 0 fully saturated rings. The van der Waals surface area contributed by atoms with Gasteiger partial charge in [-0.15, -0.1) is 11.3 Å². The number of halogens is 1. The number of rotatable bonds is 7. The third-order valence-corrected chi connectivity index (χ3v) is 7.19. The number of para-hydroxylation sites is 1.